The van der Waals surface area contributed by atoms with Crippen molar-refractivity contribution < 1.29 is 9.18 Å². The maximum atomic E-state index is 12.9. The van der Waals surface area contributed by atoms with E-state index < -0.39 is 0 Å². The highest BCUT2D eigenvalue weighted by atomic mass is 32.1. The van der Waals surface area contributed by atoms with E-state index in [4.69, 9.17) is 0 Å². The number of nitrogens with zero attached hydrogens (tertiary/aromatic N) is 2. The number of hydrogen-bond acceptors (Lipinski definition) is 5. The molecule has 0 aliphatic heterocycles. The molecule has 2 aromatic rings. The van der Waals surface area contributed by atoms with E-state index >= 15 is 0 Å². The molecule has 0 unspecified atom stereocenters. The third-order valence-corrected chi connectivity index (χ3v) is 2.93. The van der Waals surface area contributed by atoms with Crippen LogP contribution in [0.15, 0.2) is 34.7 Å². The Morgan fingerprint density at radius 1 is 1.53 bits per heavy atom. The first kappa shape index (κ1) is 13.2. The zero-order valence-corrected chi connectivity index (χ0v) is 10.9. The molecule has 0 spiro atoms. The number of thiazole rings is 1. The highest BCUT2D eigenvalue weighted by Gasteiger charge is 2.07. The van der Waals surface area contributed by atoms with Crippen LogP contribution in [0.4, 0.5) is 9.52 Å². The first-order chi connectivity index (χ1) is 9.19. The van der Waals surface area contributed by atoms with Crippen LogP contribution in [0.25, 0.3) is 0 Å². The molecule has 98 valence electrons. The second-order valence-electron chi connectivity index (χ2n) is 3.54. The molecule has 1 heterocycles. The maximum Gasteiger partial charge on any atom is 0.270 e. The van der Waals surface area contributed by atoms with Gasteiger partial charge in [0.05, 0.1) is 6.21 Å². The lowest BCUT2D eigenvalue weighted by atomic mass is 10.2. The van der Waals surface area contributed by atoms with Gasteiger partial charge in [-0.15, -0.1) is 11.3 Å². The van der Waals surface area contributed by atoms with Gasteiger partial charge < -0.3 is 5.32 Å². The highest BCUT2D eigenvalue weighted by molar-refractivity contribution is 7.13. The largest absolute Gasteiger partial charge is 0.354 e. The third-order valence-electron chi connectivity index (χ3n) is 2.19. The van der Waals surface area contributed by atoms with Gasteiger partial charge in [-0.05, 0) is 17.7 Å². The van der Waals surface area contributed by atoms with E-state index in [1.54, 1.807) is 17.5 Å². The van der Waals surface area contributed by atoms with Crippen molar-refractivity contribution >= 4 is 28.6 Å². The van der Waals surface area contributed by atoms with Crippen LogP contribution in [0.2, 0.25) is 0 Å². The van der Waals surface area contributed by atoms with Crippen molar-refractivity contribution in [3.63, 3.8) is 0 Å². The summed E-state index contributed by atoms with van der Waals surface area (Å²) in [5.74, 6) is -0.571. The SMILES string of the molecule is CNC(=O)c1csc(NN=Cc2cccc(F)c2)n1. The topological polar surface area (TPSA) is 66.4 Å². The number of rotatable bonds is 4. The van der Waals surface area contributed by atoms with Gasteiger partial charge in [0.15, 0.2) is 0 Å². The Balaban J connectivity index is 1.99. The van der Waals surface area contributed by atoms with Crippen molar-refractivity contribution in [2.75, 3.05) is 12.5 Å². The third kappa shape index (κ3) is 3.59. The van der Waals surface area contributed by atoms with Gasteiger partial charge in [-0.3, -0.25) is 10.2 Å². The molecule has 2 rings (SSSR count). The molecule has 0 aliphatic rings. The number of anilines is 1. The van der Waals surface area contributed by atoms with Gasteiger partial charge in [0, 0.05) is 12.4 Å². The number of nitrogens with one attached hydrogen (secondary N) is 2. The van der Waals surface area contributed by atoms with Gasteiger partial charge in [0.1, 0.15) is 11.5 Å². The molecule has 0 aliphatic carbocycles. The summed E-state index contributed by atoms with van der Waals surface area (Å²) in [6.07, 6.45) is 1.48. The number of aromatic nitrogens is 1. The average Bonchev–Trinajstić information content (AvgIpc) is 2.87. The molecule has 0 radical (unpaired) electrons. The van der Waals surface area contributed by atoms with Crippen molar-refractivity contribution in [2.24, 2.45) is 5.10 Å². The first-order valence-corrected chi connectivity index (χ1v) is 6.29. The summed E-state index contributed by atoms with van der Waals surface area (Å²) in [5.41, 5.74) is 3.65. The van der Waals surface area contributed by atoms with Crippen molar-refractivity contribution in [3.8, 4) is 0 Å². The smallest absolute Gasteiger partial charge is 0.270 e. The number of halogens is 1. The minimum Gasteiger partial charge on any atom is -0.354 e. The number of hydrazone groups is 1. The normalized spacial score (nSPS) is 10.6. The molecule has 5 nitrogen and oxygen atoms in total. The van der Waals surface area contributed by atoms with E-state index in [9.17, 15) is 9.18 Å². The Labute approximate surface area is 113 Å². The van der Waals surface area contributed by atoms with E-state index in [-0.39, 0.29) is 11.7 Å². The van der Waals surface area contributed by atoms with Gasteiger partial charge in [0.2, 0.25) is 5.13 Å². The number of carbonyl (C=O) groups excluding carboxylic acids is 1. The quantitative estimate of drug-likeness (QED) is 0.664. The van der Waals surface area contributed by atoms with Crippen LogP contribution < -0.4 is 10.7 Å². The molecule has 0 fully saturated rings. The summed E-state index contributed by atoms with van der Waals surface area (Å²) in [6.45, 7) is 0. The van der Waals surface area contributed by atoms with Crippen molar-refractivity contribution in [1.82, 2.24) is 10.3 Å². The molecule has 0 saturated carbocycles. The highest BCUT2D eigenvalue weighted by Crippen LogP contribution is 2.15. The van der Waals surface area contributed by atoms with E-state index in [1.165, 1.54) is 36.7 Å². The van der Waals surface area contributed by atoms with Crippen LogP contribution in [0, 0.1) is 5.82 Å². The Morgan fingerprint density at radius 3 is 3.11 bits per heavy atom. The predicted molar refractivity (Wildman–Crippen MR) is 73.1 cm³/mol. The van der Waals surface area contributed by atoms with Crippen LogP contribution in [0.1, 0.15) is 16.1 Å². The molecular weight excluding hydrogens is 267 g/mol. The van der Waals surface area contributed by atoms with E-state index in [0.717, 1.165) is 0 Å². The standard InChI is InChI=1S/C12H11FN4OS/c1-14-11(18)10-7-19-12(16-10)17-15-6-8-3-2-4-9(13)5-8/h2-7H,1H3,(H,14,18)(H,16,17). The Bertz CT molecular complexity index is 611. The number of hydrogen-bond donors (Lipinski definition) is 2. The monoisotopic (exact) mass is 278 g/mol. The van der Waals surface area contributed by atoms with Gasteiger partial charge in [0.25, 0.3) is 5.91 Å². The second kappa shape index (κ2) is 6.05. The minimum atomic E-state index is -0.319. The number of amides is 1. The zero-order chi connectivity index (χ0) is 13.7. The first-order valence-electron chi connectivity index (χ1n) is 5.41. The lowest BCUT2D eigenvalue weighted by molar-refractivity contribution is 0.0959. The van der Waals surface area contributed by atoms with Crippen molar-refractivity contribution in [3.05, 3.63) is 46.7 Å². The molecule has 19 heavy (non-hydrogen) atoms. The second-order valence-corrected chi connectivity index (χ2v) is 4.40. The average molecular weight is 278 g/mol. The molecule has 0 bridgehead atoms. The lowest BCUT2D eigenvalue weighted by Gasteiger charge is -1.95. The Hall–Kier alpha value is -2.28. The molecule has 7 heteroatoms. The summed E-state index contributed by atoms with van der Waals surface area (Å²) in [4.78, 5) is 15.3. The van der Waals surface area contributed by atoms with Gasteiger partial charge in [-0.1, -0.05) is 12.1 Å². The fraction of sp³-hybridized carbons (Fsp3) is 0.0833. The molecule has 1 amide bonds. The molecule has 0 saturated heterocycles. The van der Waals surface area contributed by atoms with Crippen LogP contribution in [0.5, 0.6) is 0 Å². The van der Waals surface area contributed by atoms with Crippen LogP contribution in [0.3, 0.4) is 0 Å². The zero-order valence-electron chi connectivity index (χ0n) is 10.1. The van der Waals surface area contributed by atoms with Crippen LogP contribution >= 0.6 is 11.3 Å². The van der Waals surface area contributed by atoms with E-state index in [1.807, 2.05) is 0 Å². The summed E-state index contributed by atoms with van der Waals surface area (Å²) >= 11 is 1.26. The maximum absolute atomic E-state index is 12.9. The predicted octanol–water partition coefficient (Wildman–Crippen LogP) is 2.09. The summed E-state index contributed by atoms with van der Waals surface area (Å²) in [7, 11) is 1.54. The van der Waals surface area contributed by atoms with Gasteiger partial charge in [-0.2, -0.15) is 5.10 Å². The molecule has 0 atom stereocenters. The van der Waals surface area contributed by atoms with E-state index in [0.29, 0.717) is 16.4 Å². The fourth-order valence-corrected chi connectivity index (χ4v) is 1.95. The lowest BCUT2D eigenvalue weighted by Crippen LogP contribution is -2.17. The number of benzene rings is 1. The minimum absolute atomic E-state index is 0.251. The van der Waals surface area contributed by atoms with Gasteiger partial charge >= 0.3 is 0 Å². The Morgan fingerprint density at radius 2 is 2.37 bits per heavy atom. The van der Waals surface area contributed by atoms with Crippen molar-refractivity contribution in [2.45, 2.75) is 0 Å². The fourth-order valence-electron chi connectivity index (χ4n) is 1.31. The Kier molecular flexibility index (Phi) is 4.19. The van der Waals surface area contributed by atoms with E-state index in [2.05, 4.69) is 20.8 Å². The summed E-state index contributed by atoms with van der Waals surface area (Å²) in [5, 5.41) is 8.52. The summed E-state index contributed by atoms with van der Waals surface area (Å²) in [6, 6.07) is 6.06. The molecule has 1 aromatic heterocycles. The number of carbonyl (C=O) groups is 1. The van der Waals surface area contributed by atoms with Gasteiger partial charge in [-0.25, -0.2) is 9.37 Å². The molecule has 1 aromatic carbocycles. The van der Waals surface area contributed by atoms with Crippen LogP contribution in [-0.2, 0) is 0 Å². The summed E-state index contributed by atoms with van der Waals surface area (Å²) < 4.78 is 12.9. The molecular formula is C12H11FN4OS. The van der Waals surface area contributed by atoms with Crippen molar-refractivity contribution in [1.29, 1.82) is 0 Å². The van der Waals surface area contributed by atoms with Crippen LogP contribution in [-0.4, -0.2) is 24.2 Å². The molecule has 2 N–H and O–H groups in total.